The number of nitriles is 3. The molecule has 0 saturated carbocycles. The van der Waals surface area contributed by atoms with E-state index in [1.807, 2.05) is 12.1 Å². The summed E-state index contributed by atoms with van der Waals surface area (Å²) in [6.45, 7) is 3.03. The summed E-state index contributed by atoms with van der Waals surface area (Å²) >= 11 is 5.71. The molecule has 1 rings (SSSR count). The highest BCUT2D eigenvalue weighted by atomic mass is 35.5. The molecule has 0 amide bonds. The zero-order valence-corrected chi connectivity index (χ0v) is 9.52. The van der Waals surface area contributed by atoms with Crippen LogP contribution in [0.2, 0.25) is 0 Å². The van der Waals surface area contributed by atoms with Crippen LogP contribution < -0.4 is 0 Å². The Kier molecular flexibility index (Phi) is 2.93. The number of aliphatic imine (C=N–C) groups is 1. The number of rotatable bonds is 0. The van der Waals surface area contributed by atoms with Gasteiger partial charge in [-0.2, -0.15) is 15.8 Å². The number of halogens is 1. The van der Waals surface area contributed by atoms with Gasteiger partial charge in [-0.1, -0.05) is 25.4 Å². The molecule has 0 spiro atoms. The van der Waals surface area contributed by atoms with E-state index in [0.717, 1.165) is 0 Å². The summed E-state index contributed by atoms with van der Waals surface area (Å²) in [6.07, 6.45) is -1.27. The molecular formula is C10H9ClN4O. The first kappa shape index (κ1) is 12.5. The first-order valence-electron chi connectivity index (χ1n) is 4.50. The van der Waals surface area contributed by atoms with E-state index in [0.29, 0.717) is 0 Å². The first-order valence-corrected chi connectivity index (χ1v) is 4.88. The van der Waals surface area contributed by atoms with Crippen molar-refractivity contribution in [3.63, 3.8) is 0 Å². The van der Waals surface area contributed by atoms with Crippen molar-refractivity contribution in [2.45, 2.75) is 20.1 Å². The summed E-state index contributed by atoms with van der Waals surface area (Å²) in [5.41, 5.74) is -2.85. The van der Waals surface area contributed by atoms with Crippen LogP contribution in [-0.4, -0.2) is 16.5 Å². The molecule has 0 aliphatic carbocycles. The number of hydrogen-bond donors (Lipinski definition) is 1. The Labute approximate surface area is 98.2 Å². The minimum absolute atomic E-state index is 0.197. The smallest absolute Gasteiger partial charge is 0.175 e. The van der Waals surface area contributed by atoms with Crippen LogP contribution in [0.15, 0.2) is 4.99 Å². The van der Waals surface area contributed by atoms with Crippen molar-refractivity contribution in [2.75, 3.05) is 0 Å². The lowest BCUT2D eigenvalue weighted by Crippen LogP contribution is -2.53. The van der Waals surface area contributed by atoms with Crippen LogP contribution in [0, 0.1) is 50.7 Å². The predicted octanol–water partition coefficient (Wildman–Crippen LogP) is 1.16. The Bertz CT molecular complexity index is 449. The van der Waals surface area contributed by atoms with Gasteiger partial charge in [-0.3, -0.25) is 0 Å². The van der Waals surface area contributed by atoms with Crippen LogP contribution in [-0.2, 0) is 0 Å². The highest BCUT2D eigenvalue weighted by Gasteiger charge is 2.60. The van der Waals surface area contributed by atoms with Crippen molar-refractivity contribution in [3.8, 4) is 18.2 Å². The van der Waals surface area contributed by atoms with Crippen molar-refractivity contribution in [2.24, 2.45) is 21.7 Å². The third kappa shape index (κ3) is 1.28. The lowest BCUT2D eigenvalue weighted by molar-refractivity contribution is -0.0118. The van der Waals surface area contributed by atoms with Gasteiger partial charge in [0.25, 0.3) is 0 Å². The van der Waals surface area contributed by atoms with Crippen LogP contribution >= 0.6 is 11.6 Å². The van der Waals surface area contributed by atoms with Crippen molar-refractivity contribution >= 4 is 16.8 Å². The summed E-state index contributed by atoms with van der Waals surface area (Å²) < 4.78 is 0. The minimum Gasteiger partial charge on any atom is -0.371 e. The molecule has 82 valence electrons. The van der Waals surface area contributed by atoms with Crippen molar-refractivity contribution in [1.82, 2.24) is 0 Å². The highest BCUT2D eigenvalue weighted by molar-refractivity contribution is 6.66. The van der Waals surface area contributed by atoms with Gasteiger partial charge in [-0.05, 0) is 0 Å². The summed E-state index contributed by atoms with van der Waals surface area (Å²) in [5, 5.41) is 36.8. The van der Waals surface area contributed by atoms with Gasteiger partial charge in [0.15, 0.2) is 11.6 Å². The highest BCUT2D eigenvalue weighted by Crippen LogP contribution is 2.50. The Balaban J connectivity index is 3.56. The fourth-order valence-electron chi connectivity index (χ4n) is 1.70. The SMILES string of the molecule is CC1(C)[C@@H](O)N=C(Cl)C(C#N)C1(C#N)C#N. The summed E-state index contributed by atoms with van der Waals surface area (Å²) in [4.78, 5) is 3.69. The van der Waals surface area contributed by atoms with Crippen molar-refractivity contribution in [1.29, 1.82) is 15.8 Å². The largest absolute Gasteiger partial charge is 0.371 e. The van der Waals surface area contributed by atoms with E-state index in [2.05, 4.69) is 4.99 Å². The minimum atomic E-state index is -1.69. The van der Waals surface area contributed by atoms with E-state index >= 15 is 0 Å². The van der Waals surface area contributed by atoms with Gasteiger partial charge in [0.1, 0.15) is 11.1 Å². The molecule has 1 unspecified atom stereocenters. The van der Waals surface area contributed by atoms with Gasteiger partial charge in [0.05, 0.1) is 18.2 Å². The summed E-state index contributed by atoms with van der Waals surface area (Å²) in [6, 6.07) is 5.42. The number of aliphatic hydroxyl groups is 1. The molecule has 1 aliphatic rings. The monoisotopic (exact) mass is 236 g/mol. The molecule has 5 nitrogen and oxygen atoms in total. The molecular weight excluding hydrogens is 228 g/mol. The zero-order chi connectivity index (χ0) is 12.6. The number of aliphatic hydroxyl groups excluding tert-OH is 1. The molecule has 0 fully saturated rings. The molecule has 0 saturated heterocycles. The standard InChI is InChI=1S/C10H9ClN4O/c1-9(2)8(16)15-7(11)6(3-12)10(9,4-13)5-14/h6,8,16H,1-2H3/t6?,8-/m1/s1. The first-order chi connectivity index (χ1) is 7.37. The van der Waals surface area contributed by atoms with E-state index in [-0.39, 0.29) is 5.17 Å². The van der Waals surface area contributed by atoms with E-state index < -0.39 is 23.0 Å². The van der Waals surface area contributed by atoms with E-state index in [4.69, 9.17) is 27.4 Å². The molecule has 1 aliphatic heterocycles. The van der Waals surface area contributed by atoms with E-state index in [1.54, 1.807) is 6.07 Å². The molecule has 0 radical (unpaired) electrons. The molecule has 6 heteroatoms. The summed E-state index contributed by atoms with van der Waals surface area (Å²) in [7, 11) is 0. The molecule has 0 aromatic heterocycles. The Morgan fingerprint density at radius 2 is 1.81 bits per heavy atom. The molecule has 2 atom stereocenters. The average Bonchev–Trinajstić information content (AvgIpc) is 2.23. The topological polar surface area (TPSA) is 104 Å². The van der Waals surface area contributed by atoms with E-state index in [1.165, 1.54) is 13.8 Å². The molecule has 0 aromatic rings. The molecule has 0 bridgehead atoms. The Morgan fingerprint density at radius 1 is 1.31 bits per heavy atom. The Hall–Kier alpha value is -1.61. The zero-order valence-electron chi connectivity index (χ0n) is 8.77. The molecule has 16 heavy (non-hydrogen) atoms. The van der Waals surface area contributed by atoms with Crippen LogP contribution in [0.3, 0.4) is 0 Å². The van der Waals surface area contributed by atoms with Gasteiger partial charge in [-0.25, -0.2) is 4.99 Å². The fraction of sp³-hybridized carbons (Fsp3) is 0.600. The second-order valence-electron chi connectivity index (χ2n) is 4.14. The number of nitrogens with zero attached hydrogens (tertiary/aromatic N) is 4. The lowest BCUT2D eigenvalue weighted by atomic mass is 9.58. The summed E-state index contributed by atoms with van der Waals surface area (Å²) in [5.74, 6) is -1.14. The lowest BCUT2D eigenvalue weighted by Gasteiger charge is -2.43. The molecule has 0 aromatic carbocycles. The maximum Gasteiger partial charge on any atom is 0.175 e. The van der Waals surface area contributed by atoms with Gasteiger partial charge in [-0.15, -0.1) is 0 Å². The van der Waals surface area contributed by atoms with E-state index in [9.17, 15) is 5.11 Å². The maximum absolute atomic E-state index is 9.73. The Morgan fingerprint density at radius 3 is 2.19 bits per heavy atom. The normalized spacial score (nSPS) is 30.4. The third-order valence-corrected chi connectivity index (χ3v) is 3.38. The quantitative estimate of drug-likeness (QED) is 0.681. The van der Waals surface area contributed by atoms with Gasteiger partial charge in [0.2, 0.25) is 0 Å². The van der Waals surface area contributed by atoms with Crippen LogP contribution in [0.25, 0.3) is 0 Å². The van der Waals surface area contributed by atoms with Gasteiger partial charge in [0, 0.05) is 5.41 Å². The molecule has 1 heterocycles. The van der Waals surface area contributed by atoms with Crippen LogP contribution in [0.1, 0.15) is 13.8 Å². The third-order valence-electron chi connectivity index (χ3n) is 3.06. The van der Waals surface area contributed by atoms with Gasteiger partial charge < -0.3 is 5.11 Å². The average molecular weight is 237 g/mol. The molecule has 1 N–H and O–H groups in total. The van der Waals surface area contributed by atoms with Crippen LogP contribution in [0.4, 0.5) is 0 Å². The predicted molar refractivity (Wildman–Crippen MR) is 55.8 cm³/mol. The van der Waals surface area contributed by atoms with Crippen LogP contribution in [0.5, 0.6) is 0 Å². The maximum atomic E-state index is 9.73. The van der Waals surface area contributed by atoms with Crippen molar-refractivity contribution < 1.29 is 5.11 Å². The second kappa shape index (κ2) is 3.76. The van der Waals surface area contributed by atoms with Crippen molar-refractivity contribution in [3.05, 3.63) is 0 Å². The fourth-order valence-corrected chi connectivity index (χ4v) is 2.00. The van der Waals surface area contributed by atoms with Gasteiger partial charge >= 0.3 is 0 Å². The number of hydrogen-bond acceptors (Lipinski definition) is 5. The second-order valence-corrected chi connectivity index (χ2v) is 4.53.